The number of benzene rings is 1. The summed E-state index contributed by atoms with van der Waals surface area (Å²) in [5.74, 6) is -0.164. The molecule has 0 aliphatic rings. The number of thiol groups is 1. The predicted molar refractivity (Wildman–Crippen MR) is 139 cm³/mol. The van der Waals surface area contributed by atoms with Crippen molar-refractivity contribution in [2.24, 2.45) is 5.92 Å². The maximum absolute atomic E-state index is 13.2. The van der Waals surface area contributed by atoms with Crippen LogP contribution >= 0.6 is 22.7 Å². The number of alkyl carbamates (subject to hydrolysis) is 1. The Hall–Kier alpha value is -2.96. The lowest BCUT2D eigenvalue weighted by Gasteiger charge is -2.23. The van der Waals surface area contributed by atoms with Crippen LogP contribution in [-0.2, 0) is 26.8 Å². The lowest BCUT2D eigenvalue weighted by molar-refractivity contribution is -0.124. The molecule has 188 valence electrons. The van der Waals surface area contributed by atoms with Gasteiger partial charge in [0.15, 0.2) is 0 Å². The minimum absolute atomic E-state index is 0.166. The summed E-state index contributed by atoms with van der Waals surface area (Å²) in [6.45, 7) is 3.94. The maximum Gasteiger partial charge on any atom is 0.407 e. The van der Waals surface area contributed by atoms with Gasteiger partial charge in [-0.05, 0) is 47.9 Å². The molecule has 0 radical (unpaired) electrons. The molecule has 0 bridgehead atoms. The predicted octanol–water partition coefficient (Wildman–Crippen LogP) is 3.98. The Bertz CT molecular complexity index is 1180. The van der Waals surface area contributed by atoms with Gasteiger partial charge in [0.25, 0.3) is 0 Å². The number of nitrogens with one attached hydrogen (secondary N) is 3. The van der Waals surface area contributed by atoms with E-state index in [-0.39, 0.29) is 11.8 Å². The highest BCUT2D eigenvalue weighted by Gasteiger charge is 2.27. The van der Waals surface area contributed by atoms with E-state index in [4.69, 9.17) is 9.72 Å². The minimum atomic E-state index is -2.75. The van der Waals surface area contributed by atoms with Crippen LogP contribution in [0.25, 0.3) is 10.6 Å². The third kappa shape index (κ3) is 8.05. The number of thiophene rings is 1. The highest BCUT2D eigenvalue weighted by Crippen LogP contribution is 2.30. The van der Waals surface area contributed by atoms with Gasteiger partial charge in [-0.15, -0.1) is 22.7 Å². The molecule has 0 saturated heterocycles. The molecule has 0 fully saturated rings. The smallest absolute Gasteiger partial charge is 0.407 e. The molecule has 0 spiro atoms. The van der Waals surface area contributed by atoms with Crippen LogP contribution < -0.4 is 15.4 Å². The zero-order valence-corrected chi connectivity index (χ0v) is 22.0. The van der Waals surface area contributed by atoms with Gasteiger partial charge in [-0.3, -0.25) is 9.52 Å². The van der Waals surface area contributed by atoms with E-state index in [1.165, 1.54) is 18.4 Å². The van der Waals surface area contributed by atoms with E-state index in [2.05, 4.69) is 15.4 Å². The van der Waals surface area contributed by atoms with Crippen molar-refractivity contribution in [1.29, 1.82) is 0 Å². The number of carbonyl (C=O) groups excluding carboxylic acids is 2. The van der Waals surface area contributed by atoms with Crippen molar-refractivity contribution in [3.05, 3.63) is 57.7 Å². The lowest BCUT2D eigenvalue weighted by atomic mass is 10.0. The summed E-state index contributed by atoms with van der Waals surface area (Å²) in [7, 11) is -1.49. The summed E-state index contributed by atoms with van der Waals surface area (Å²) in [4.78, 5) is 30.9. The van der Waals surface area contributed by atoms with E-state index in [9.17, 15) is 18.0 Å². The van der Waals surface area contributed by atoms with Crippen molar-refractivity contribution in [2.45, 2.75) is 38.8 Å². The Balaban J connectivity index is 1.85. The van der Waals surface area contributed by atoms with Gasteiger partial charge in [0.2, 0.25) is 16.8 Å². The Morgan fingerprint density at radius 1 is 1.09 bits per heavy atom. The first-order valence-corrected chi connectivity index (χ1v) is 13.8. The van der Waals surface area contributed by atoms with Crippen molar-refractivity contribution in [1.82, 2.24) is 15.6 Å². The zero-order valence-electron chi connectivity index (χ0n) is 19.5. The maximum atomic E-state index is 13.2. The van der Waals surface area contributed by atoms with E-state index in [0.29, 0.717) is 18.5 Å². The molecule has 0 aliphatic heterocycles. The second-order valence-corrected chi connectivity index (χ2v) is 10.8. The number of aromatic nitrogens is 1. The first-order chi connectivity index (χ1) is 16.7. The van der Waals surface area contributed by atoms with E-state index < -0.39 is 29.1 Å². The highest BCUT2D eigenvalue weighted by molar-refractivity contribution is 7.73. The molecule has 2 heterocycles. The van der Waals surface area contributed by atoms with Gasteiger partial charge in [0.05, 0.1) is 23.7 Å². The summed E-state index contributed by atoms with van der Waals surface area (Å²) in [5.41, 5.74) is 2.18. The molecule has 0 aliphatic carbocycles. The summed E-state index contributed by atoms with van der Waals surface area (Å²) in [5, 5.41) is 10.3. The van der Waals surface area contributed by atoms with Gasteiger partial charge in [0.1, 0.15) is 11.0 Å². The summed E-state index contributed by atoms with van der Waals surface area (Å²) >= 11 is 3.03. The topological polar surface area (TPSA) is 126 Å². The summed E-state index contributed by atoms with van der Waals surface area (Å²) in [6, 6.07) is 9.66. The molecule has 2 amide bonds. The molecule has 9 nitrogen and oxygen atoms in total. The van der Waals surface area contributed by atoms with Crippen molar-refractivity contribution < 1.29 is 22.7 Å². The third-order valence-corrected chi connectivity index (χ3v) is 7.32. The Morgan fingerprint density at radius 2 is 1.83 bits per heavy atom. The number of hydrogen-bond acceptors (Lipinski definition) is 8. The monoisotopic (exact) mass is 536 g/mol. The van der Waals surface area contributed by atoms with Crippen LogP contribution in [-0.4, -0.2) is 38.6 Å². The molecular weight excluding hydrogens is 508 g/mol. The summed E-state index contributed by atoms with van der Waals surface area (Å²) < 4.78 is 28.9. The first kappa shape index (κ1) is 26.6. The number of ether oxygens (including phenoxy) is 1. The molecule has 1 aromatic carbocycles. The van der Waals surface area contributed by atoms with Crippen LogP contribution in [0.3, 0.4) is 0 Å². The van der Waals surface area contributed by atoms with Gasteiger partial charge in [0, 0.05) is 11.1 Å². The molecule has 0 unspecified atom stereocenters. The molecule has 0 saturated carbocycles. The normalized spacial score (nSPS) is 12.8. The standard InChI is InChI=1S/C23H28N4O5S3/c1-14(2)11-17(26-23(29)32-3)21(28)24-18(12-15-6-8-16(9-7-15)27-35(30)31)22-25-19(13-34-22)20-5-4-10-33-20/h4-10,13-14,17-18,35H,11-12H2,1-3H3,(H,24,28)(H,26,29)(H,27,30,31)/t17-,18-/m0/s1. The second-order valence-electron chi connectivity index (χ2n) is 8.20. The van der Waals surface area contributed by atoms with Crippen LogP contribution in [0.4, 0.5) is 10.5 Å². The van der Waals surface area contributed by atoms with Crippen molar-refractivity contribution in [2.75, 3.05) is 11.8 Å². The SMILES string of the molecule is COC(=O)N[C@@H](CC(C)C)C(=O)N[C@@H](Cc1ccc(N[SH](=O)=O)cc1)c1nc(-c2cccs2)cs1. The summed E-state index contributed by atoms with van der Waals surface area (Å²) in [6.07, 6.45) is 0.204. The molecular formula is C23H28N4O5S3. The fourth-order valence-electron chi connectivity index (χ4n) is 3.42. The highest BCUT2D eigenvalue weighted by atomic mass is 32.2. The van der Waals surface area contributed by atoms with E-state index in [0.717, 1.165) is 21.1 Å². The number of rotatable bonds is 11. The van der Waals surface area contributed by atoms with E-state index in [1.807, 2.05) is 36.7 Å². The number of thiazole rings is 1. The van der Waals surface area contributed by atoms with Crippen LogP contribution in [0.2, 0.25) is 0 Å². The lowest BCUT2D eigenvalue weighted by Crippen LogP contribution is -2.48. The molecule has 2 aromatic heterocycles. The van der Waals surface area contributed by atoms with E-state index >= 15 is 0 Å². The Labute approximate surface area is 214 Å². The number of nitrogens with zero attached hydrogens (tertiary/aromatic N) is 1. The zero-order chi connectivity index (χ0) is 25.4. The number of carbonyl (C=O) groups is 2. The fourth-order valence-corrected chi connectivity index (χ4v) is 5.41. The number of amides is 2. The van der Waals surface area contributed by atoms with Gasteiger partial charge in [-0.25, -0.2) is 18.2 Å². The number of methoxy groups -OCH3 is 1. The second kappa shape index (κ2) is 12.7. The Kier molecular flexibility index (Phi) is 9.64. The largest absolute Gasteiger partial charge is 0.453 e. The minimum Gasteiger partial charge on any atom is -0.453 e. The Morgan fingerprint density at radius 3 is 2.43 bits per heavy atom. The molecule has 35 heavy (non-hydrogen) atoms. The molecule has 3 aromatic rings. The van der Waals surface area contributed by atoms with Crippen LogP contribution in [0.15, 0.2) is 47.2 Å². The first-order valence-electron chi connectivity index (χ1n) is 10.9. The van der Waals surface area contributed by atoms with Crippen molar-refractivity contribution >= 4 is 51.3 Å². The van der Waals surface area contributed by atoms with Crippen molar-refractivity contribution in [3.63, 3.8) is 0 Å². The molecule has 12 heteroatoms. The van der Waals surface area contributed by atoms with E-state index in [1.54, 1.807) is 35.6 Å². The number of anilines is 1. The quantitative estimate of drug-likeness (QED) is 0.275. The molecule has 3 rings (SSSR count). The van der Waals surface area contributed by atoms with Gasteiger partial charge in [-0.1, -0.05) is 32.0 Å². The fraction of sp³-hybridized carbons (Fsp3) is 0.348. The molecule has 3 N–H and O–H groups in total. The molecule has 2 atom stereocenters. The average Bonchev–Trinajstić information content (AvgIpc) is 3.50. The number of hydrogen-bond donors (Lipinski definition) is 4. The third-order valence-electron chi connectivity index (χ3n) is 5.03. The van der Waals surface area contributed by atoms with Gasteiger partial charge in [-0.2, -0.15) is 0 Å². The van der Waals surface area contributed by atoms with Crippen LogP contribution in [0.1, 0.15) is 36.9 Å². The van der Waals surface area contributed by atoms with Gasteiger partial charge >= 0.3 is 6.09 Å². The van der Waals surface area contributed by atoms with Gasteiger partial charge < -0.3 is 15.4 Å². The van der Waals surface area contributed by atoms with Crippen LogP contribution in [0.5, 0.6) is 0 Å². The average molecular weight is 537 g/mol. The van der Waals surface area contributed by atoms with Crippen molar-refractivity contribution in [3.8, 4) is 10.6 Å². The van der Waals surface area contributed by atoms with Crippen LogP contribution in [0, 0.1) is 5.92 Å².